The van der Waals surface area contributed by atoms with Crippen LogP contribution in [0.4, 0.5) is 16.2 Å². The fourth-order valence-corrected chi connectivity index (χ4v) is 3.19. The molecular weight excluding hydrogens is 429 g/mol. The van der Waals surface area contributed by atoms with Crippen molar-refractivity contribution in [3.05, 3.63) is 71.3 Å². The number of benzene rings is 1. The van der Waals surface area contributed by atoms with Crippen molar-refractivity contribution >= 4 is 17.7 Å². The molecular formula is C22H22FN7O3. The lowest BCUT2D eigenvalue weighted by Crippen LogP contribution is -2.24. The molecule has 4 aromatic rings. The Kier molecular flexibility index (Phi) is 6.41. The van der Waals surface area contributed by atoms with Crippen molar-refractivity contribution in [3.8, 4) is 11.4 Å². The highest BCUT2D eigenvalue weighted by Crippen LogP contribution is 2.23. The Bertz CT molecular complexity index is 1280. The van der Waals surface area contributed by atoms with Gasteiger partial charge in [-0.05, 0) is 24.1 Å². The first-order valence-electron chi connectivity index (χ1n) is 10.0. The van der Waals surface area contributed by atoms with Gasteiger partial charge in [-0.1, -0.05) is 12.1 Å². The number of methoxy groups -OCH3 is 1. The smallest absolute Gasteiger partial charge is 0.307 e. The standard InChI is InChI=1S/C22H22FN7O3/c1-13-9-25-22(28-18-7-8-26-30(18)2)29-19(13)17-12-33-21(27-17)20(31)24-10-14-5-4-6-16(23)15(14)11-32-3/h4-9,12H,10-11H2,1-3H3,(H,24,31)(H,25,28,29). The second kappa shape index (κ2) is 9.57. The average Bonchev–Trinajstić information content (AvgIpc) is 3.45. The maximum absolute atomic E-state index is 14.0. The summed E-state index contributed by atoms with van der Waals surface area (Å²) in [5, 5.41) is 9.87. The molecule has 1 aromatic carbocycles. The lowest BCUT2D eigenvalue weighted by molar-refractivity contribution is 0.0915. The SMILES string of the molecule is COCc1c(F)cccc1CNC(=O)c1nc(-c2nc(Nc3ccnn3C)ncc2C)co1. The first-order chi connectivity index (χ1) is 16.0. The molecule has 0 aliphatic rings. The molecule has 33 heavy (non-hydrogen) atoms. The van der Waals surface area contributed by atoms with Crippen molar-refractivity contribution in [3.63, 3.8) is 0 Å². The van der Waals surface area contributed by atoms with Gasteiger partial charge in [-0.3, -0.25) is 9.48 Å². The molecule has 3 heterocycles. The van der Waals surface area contributed by atoms with Crippen LogP contribution in [-0.4, -0.2) is 37.7 Å². The monoisotopic (exact) mass is 451 g/mol. The Balaban J connectivity index is 1.49. The van der Waals surface area contributed by atoms with Gasteiger partial charge in [-0.25, -0.2) is 19.3 Å². The molecule has 0 bridgehead atoms. The molecule has 10 nitrogen and oxygen atoms in total. The predicted octanol–water partition coefficient (Wildman–Crippen LogP) is 3.13. The van der Waals surface area contributed by atoms with Crippen molar-refractivity contribution in [1.82, 2.24) is 30.0 Å². The summed E-state index contributed by atoms with van der Waals surface area (Å²) in [4.78, 5) is 25.6. The number of carbonyl (C=O) groups excluding carboxylic acids is 1. The molecule has 170 valence electrons. The summed E-state index contributed by atoms with van der Waals surface area (Å²) >= 11 is 0. The molecule has 0 aliphatic heterocycles. The van der Waals surface area contributed by atoms with Crippen LogP contribution in [0.15, 0.2) is 47.3 Å². The van der Waals surface area contributed by atoms with E-state index in [1.165, 1.54) is 19.4 Å². The van der Waals surface area contributed by atoms with Crippen molar-refractivity contribution < 1.29 is 18.3 Å². The zero-order valence-corrected chi connectivity index (χ0v) is 18.3. The summed E-state index contributed by atoms with van der Waals surface area (Å²) in [5.41, 5.74) is 2.66. The molecule has 0 fully saturated rings. The molecule has 2 N–H and O–H groups in total. The highest BCUT2D eigenvalue weighted by Gasteiger charge is 2.18. The highest BCUT2D eigenvalue weighted by molar-refractivity contribution is 5.90. The number of carbonyl (C=O) groups is 1. The van der Waals surface area contributed by atoms with E-state index in [1.807, 2.05) is 6.92 Å². The lowest BCUT2D eigenvalue weighted by Gasteiger charge is -2.10. The van der Waals surface area contributed by atoms with Crippen LogP contribution in [0.2, 0.25) is 0 Å². The lowest BCUT2D eigenvalue weighted by atomic mass is 10.1. The van der Waals surface area contributed by atoms with Crippen LogP contribution >= 0.6 is 0 Å². The van der Waals surface area contributed by atoms with Crippen LogP contribution in [0.3, 0.4) is 0 Å². The quantitative estimate of drug-likeness (QED) is 0.419. The number of amides is 1. The maximum Gasteiger partial charge on any atom is 0.307 e. The Morgan fingerprint density at radius 1 is 1.27 bits per heavy atom. The minimum atomic E-state index is -0.533. The van der Waals surface area contributed by atoms with E-state index < -0.39 is 11.7 Å². The van der Waals surface area contributed by atoms with E-state index in [-0.39, 0.29) is 19.0 Å². The molecule has 11 heteroatoms. The van der Waals surface area contributed by atoms with Crippen molar-refractivity contribution in [2.45, 2.75) is 20.1 Å². The Labute approximate surface area is 188 Å². The first kappa shape index (κ1) is 22.1. The van der Waals surface area contributed by atoms with E-state index >= 15 is 0 Å². The number of anilines is 2. The van der Waals surface area contributed by atoms with E-state index in [4.69, 9.17) is 9.15 Å². The third-order valence-corrected chi connectivity index (χ3v) is 4.92. The fraction of sp³-hybridized carbons (Fsp3) is 0.227. The number of nitrogens with zero attached hydrogens (tertiary/aromatic N) is 5. The fourth-order valence-electron chi connectivity index (χ4n) is 3.19. The second-order valence-electron chi connectivity index (χ2n) is 7.22. The number of hydrogen-bond donors (Lipinski definition) is 2. The number of ether oxygens (including phenoxy) is 1. The molecule has 0 saturated carbocycles. The number of oxazole rings is 1. The Hall–Kier alpha value is -4.12. The van der Waals surface area contributed by atoms with Crippen molar-refractivity contribution in [2.24, 2.45) is 7.05 Å². The second-order valence-corrected chi connectivity index (χ2v) is 7.22. The van der Waals surface area contributed by atoms with E-state index in [2.05, 4.69) is 30.7 Å². The molecule has 0 aliphatic carbocycles. The zero-order chi connectivity index (χ0) is 23.4. The largest absolute Gasteiger partial charge is 0.440 e. The number of rotatable bonds is 8. The van der Waals surface area contributed by atoms with E-state index in [0.717, 1.165) is 11.4 Å². The summed E-state index contributed by atoms with van der Waals surface area (Å²) in [6, 6.07) is 6.44. The van der Waals surface area contributed by atoms with Gasteiger partial charge >= 0.3 is 5.91 Å². The van der Waals surface area contributed by atoms with Gasteiger partial charge < -0.3 is 19.8 Å². The Morgan fingerprint density at radius 3 is 2.88 bits per heavy atom. The van der Waals surface area contributed by atoms with E-state index in [9.17, 15) is 9.18 Å². The Morgan fingerprint density at radius 2 is 2.12 bits per heavy atom. The number of aryl methyl sites for hydroxylation is 2. The molecule has 0 saturated heterocycles. The summed E-state index contributed by atoms with van der Waals surface area (Å²) in [7, 11) is 3.28. The summed E-state index contributed by atoms with van der Waals surface area (Å²) in [5.74, 6) is 0.0136. The van der Waals surface area contributed by atoms with Crippen LogP contribution in [0.25, 0.3) is 11.4 Å². The molecule has 4 rings (SSSR count). The molecule has 3 aromatic heterocycles. The van der Waals surface area contributed by atoms with Gasteiger partial charge in [0.15, 0.2) is 0 Å². The molecule has 0 radical (unpaired) electrons. The van der Waals surface area contributed by atoms with Gasteiger partial charge in [-0.2, -0.15) is 5.10 Å². The molecule has 0 unspecified atom stereocenters. The number of halogens is 1. The predicted molar refractivity (Wildman–Crippen MR) is 117 cm³/mol. The van der Waals surface area contributed by atoms with Crippen LogP contribution in [-0.2, 0) is 24.9 Å². The molecule has 1 amide bonds. The van der Waals surface area contributed by atoms with Crippen LogP contribution in [0.5, 0.6) is 0 Å². The average molecular weight is 451 g/mol. The number of hydrogen-bond acceptors (Lipinski definition) is 8. The van der Waals surface area contributed by atoms with Crippen LogP contribution in [0.1, 0.15) is 27.4 Å². The zero-order valence-electron chi connectivity index (χ0n) is 18.3. The van der Waals surface area contributed by atoms with Crippen molar-refractivity contribution in [1.29, 1.82) is 0 Å². The van der Waals surface area contributed by atoms with Gasteiger partial charge in [0.2, 0.25) is 5.95 Å². The topological polar surface area (TPSA) is 120 Å². The van der Waals surface area contributed by atoms with E-state index in [1.54, 1.807) is 42.3 Å². The highest BCUT2D eigenvalue weighted by atomic mass is 19.1. The van der Waals surface area contributed by atoms with Crippen LogP contribution in [0, 0.1) is 12.7 Å². The van der Waals surface area contributed by atoms with Gasteiger partial charge in [0.1, 0.15) is 29.3 Å². The summed E-state index contributed by atoms with van der Waals surface area (Å²) in [6.07, 6.45) is 4.66. The van der Waals surface area contributed by atoms with Gasteiger partial charge in [-0.15, -0.1) is 0 Å². The van der Waals surface area contributed by atoms with Crippen molar-refractivity contribution in [2.75, 3.05) is 12.4 Å². The molecule has 0 spiro atoms. The summed E-state index contributed by atoms with van der Waals surface area (Å²) in [6.45, 7) is 2.03. The first-order valence-corrected chi connectivity index (χ1v) is 10.0. The normalized spacial score (nSPS) is 10.9. The van der Waals surface area contributed by atoms with Gasteiger partial charge in [0, 0.05) is 38.5 Å². The third kappa shape index (κ3) is 4.88. The number of nitrogens with one attached hydrogen (secondary N) is 2. The molecule has 0 atom stereocenters. The summed E-state index contributed by atoms with van der Waals surface area (Å²) < 4.78 is 26.1. The van der Waals surface area contributed by atoms with Gasteiger partial charge in [0.05, 0.1) is 12.8 Å². The number of aromatic nitrogens is 5. The third-order valence-electron chi connectivity index (χ3n) is 4.92. The van der Waals surface area contributed by atoms with Crippen LogP contribution < -0.4 is 10.6 Å². The minimum Gasteiger partial charge on any atom is -0.440 e. The van der Waals surface area contributed by atoms with Gasteiger partial charge in [0.25, 0.3) is 5.89 Å². The van der Waals surface area contributed by atoms with E-state index in [0.29, 0.717) is 28.5 Å². The minimum absolute atomic E-state index is 0.0955. The maximum atomic E-state index is 14.0.